The van der Waals surface area contributed by atoms with E-state index < -0.39 is 5.97 Å². The van der Waals surface area contributed by atoms with Gasteiger partial charge in [0.2, 0.25) is 0 Å². The second-order valence-corrected chi connectivity index (χ2v) is 9.29. The van der Waals surface area contributed by atoms with E-state index in [0.29, 0.717) is 35.9 Å². The van der Waals surface area contributed by atoms with E-state index in [-0.39, 0.29) is 17.1 Å². The first kappa shape index (κ1) is 24.7. The van der Waals surface area contributed by atoms with E-state index in [1.807, 2.05) is 25.1 Å². The van der Waals surface area contributed by atoms with Crippen LogP contribution in [-0.2, 0) is 4.74 Å². The van der Waals surface area contributed by atoms with Gasteiger partial charge in [0.1, 0.15) is 11.3 Å². The lowest BCUT2D eigenvalue weighted by Crippen LogP contribution is -2.27. The smallest absolute Gasteiger partial charge is 0.337 e. The minimum absolute atomic E-state index is 0.171. The number of aromatic amines is 1. The fraction of sp³-hybridized carbons (Fsp3) is 0.480. The highest BCUT2D eigenvalue weighted by atomic mass is 16.5. The number of likely N-dealkylation sites (N-methyl/N-ethyl adjacent to an activating group) is 1. The number of benzene rings is 1. The fourth-order valence-electron chi connectivity index (χ4n) is 3.68. The SMILES string of the molecule is CCCCOCC(NC)c1[nH]c(-c2cccc3nc(C)c(NC(C)(C)C)nc23)cc1C(=O)O. The average molecular weight is 454 g/mol. The molecule has 3 aromatic rings. The third-order valence-electron chi connectivity index (χ3n) is 5.36. The first-order valence-electron chi connectivity index (χ1n) is 11.4. The Morgan fingerprint density at radius 3 is 2.67 bits per heavy atom. The van der Waals surface area contributed by atoms with Crippen LogP contribution < -0.4 is 10.6 Å². The molecule has 2 heterocycles. The molecule has 3 rings (SSSR count). The topological polar surface area (TPSA) is 112 Å². The van der Waals surface area contributed by atoms with Gasteiger partial charge in [0.15, 0.2) is 0 Å². The first-order valence-corrected chi connectivity index (χ1v) is 11.4. The number of nitrogens with one attached hydrogen (secondary N) is 3. The Bertz CT molecular complexity index is 1120. The molecule has 0 saturated carbocycles. The summed E-state index contributed by atoms with van der Waals surface area (Å²) in [5.74, 6) is -0.274. The second kappa shape index (κ2) is 10.3. The quantitative estimate of drug-likeness (QED) is 0.322. The van der Waals surface area contributed by atoms with E-state index in [1.54, 1.807) is 13.1 Å². The molecule has 0 radical (unpaired) electrons. The average Bonchev–Trinajstić information content (AvgIpc) is 3.18. The number of aromatic carboxylic acids is 1. The molecule has 1 atom stereocenters. The number of aryl methyl sites for hydroxylation is 1. The first-order chi connectivity index (χ1) is 15.6. The number of anilines is 1. The van der Waals surface area contributed by atoms with Crippen LogP contribution in [0.2, 0.25) is 0 Å². The van der Waals surface area contributed by atoms with Crippen molar-refractivity contribution in [2.45, 2.75) is 59.0 Å². The maximum atomic E-state index is 12.1. The molecule has 8 nitrogen and oxygen atoms in total. The standard InChI is InChI=1S/C25H35N5O3/c1-7-8-12-33-14-20(26-6)22-17(24(31)32)13-19(28-22)16-10-9-11-18-21(16)29-23(15(2)27-18)30-25(3,4)5/h9-11,13,20,26,28H,7-8,12,14H2,1-6H3,(H,29,30)(H,31,32). The van der Waals surface area contributed by atoms with Gasteiger partial charge in [-0.3, -0.25) is 0 Å². The Hall–Kier alpha value is -2.97. The summed E-state index contributed by atoms with van der Waals surface area (Å²) in [7, 11) is 1.80. The monoisotopic (exact) mass is 453 g/mol. The third-order valence-corrected chi connectivity index (χ3v) is 5.36. The molecule has 0 spiro atoms. The zero-order chi connectivity index (χ0) is 24.2. The highest BCUT2D eigenvalue weighted by molar-refractivity contribution is 5.95. The molecule has 0 saturated heterocycles. The number of aromatic nitrogens is 3. The van der Waals surface area contributed by atoms with E-state index >= 15 is 0 Å². The molecule has 2 aromatic heterocycles. The van der Waals surface area contributed by atoms with Crippen LogP contribution in [0.5, 0.6) is 0 Å². The van der Waals surface area contributed by atoms with Crippen molar-refractivity contribution < 1.29 is 14.6 Å². The maximum Gasteiger partial charge on any atom is 0.337 e. The number of carbonyl (C=O) groups is 1. The molecule has 178 valence electrons. The van der Waals surface area contributed by atoms with Crippen molar-refractivity contribution in [2.24, 2.45) is 0 Å². The van der Waals surface area contributed by atoms with Gasteiger partial charge in [0.25, 0.3) is 0 Å². The van der Waals surface area contributed by atoms with Crippen LogP contribution in [0.25, 0.3) is 22.3 Å². The Morgan fingerprint density at radius 2 is 2.03 bits per heavy atom. The predicted molar refractivity (Wildman–Crippen MR) is 132 cm³/mol. The molecule has 0 fully saturated rings. The molecular formula is C25H35N5O3. The number of ether oxygens (including phenoxy) is 1. The second-order valence-electron chi connectivity index (χ2n) is 9.29. The number of H-pyrrole nitrogens is 1. The van der Waals surface area contributed by atoms with Gasteiger partial charge in [0, 0.05) is 29.1 Å². The molecule has 33 heavy (non-hydrogen) atoms. The van der Waals surface area contributed by atoms with E-state index in [4.69, 9.17) is 14.7 Å². The van der Waals surface area contributed by atoms with Crippen molar-refractivity contribution in [1.29, 1.82) is 0 Å². The van der Waals surface area contributed by atoms with Crippen molar-refractivity contribution in [3.63, 3.8) is 0 Å². The summed E-state index contributed by atoms with van der Waals surface area (Å²) >= 11 is 0. The number of nitrogens with zero attached hydrogens (tertiary/aromatic N) is 2. The molecule has 0 amide bonds. The van der Waals surface area contributed by atoms with Gasteiger partial charge in [-0.25, -0.2) is 14.8 Å². The van der Waals surface area contributed by atoms with Gasteiger partial charge >= 0.3 is 5.97 Å². The molecule has 4 N–H and O–H groups in total. The summed E-state index contributed by atoms with van der Waals surface area (Å²) < 4.78 is 5.77. The highest BCUT2D eigenvalue weighted by Crippen LogP contribution is 2.31. The third kappa shape index (κ3) is 5.89. The van der Waals surface area contributed by atoms with Crippen molar-refractivity contribution in [1.82, 2.24) is 20.3 Å². The lowest BCUT2D eigenvalue weighted by molar-refractivity contribution is 0.0692. The number of para-hydroxylation sites is 1. The Kier molecular flexibility index (Phi) is 7.71. The number of carboxylic acids is 1. The van der Waals surface area contributed by atoms with Crippen LogP contribution >= 0.6 is 0 Å². The van der Waals surface area contributed by atoms with Gasteiger partial charge in [-0.05, 0) is 53.3 Å². The number of hydrogen-bond donors (Lipinski definition) is 4. The molecule has 0 aliphatic carbocycles. The maximum absolute atomic E-state index is 12.1. The lowest BCUT2D eigenvalue weighted by Gasteiger charge is -2.22. The molecule has 8 heteroatoms. The van der Waals surface area contributed by atoms with Crippen LogP contribution in [-0.4, -0.2) is 51.8 Å². The van der Waals surface area contributed by atoms with Gasteiger partial charge in [-0.1, -0.05) is 25.5 Å². The van der Waals surface area contributed by atoms with Crippen molar-refractivity contribution in [2.75, 3.05) is 25.6 Å². The van der Waals surface area contributed by atoms with Crippen LogP contribution in [0.4, 0.5) is 5.82 Å². The zero-order valence-electron chi connectivity index (χ0n) is 20.4. The summed E-state index contributed by atoms with van der Waals surface area (Å²) in [6, 6.07) is 7.15. The fourth-order valence-corrected chi connectivity index (χ4v) is 3.68. The van der Waals surface area contributed by atoms with Crippen LogP contribution in [0.3, 0.4) is 0 Å². The highest BCUT2D eigenvalue weighted by Gasteiger charge is 2.23. The van der Waals surface area contributed by atoms with Crippen molar-refractivity contribution in [3.8, 4) is 11.3 Å². The van der Waals surface area contributed by atoms with E-state index in [0.717, 1.165) is 29.6 Å². The minimum atomic E-state index is -0.987. The lowest BCUT2D eigenvalue weighted by atomic mass is 10.1. The van der Waals surface area contributed by atoms with Crippen molar-refractivity contribution in [3.05, 3.63) is 41.2 Å². The van der Waals surface area contributed by atoms with Crippen LogP contribution in [0.15, 0.2) is 24.3 Å². The Balaban J connectivity index is 2.07. The number of carboxylic acid groups (broad SMARTS) is 1. The molecule has 0 aliphatic rings. The minimum Gasteiger partial charge on any atom is -0.478 e. The normalized spacial score (nSPS) is 12.8. The summed E-state index contributed by atoms with van der Waals surface area (Å²) in [4.78, 5) is 25.0. The van der Waals surface area contributed by atoms with Crippen LogP contribution in [0, 0.1) is 6.92 Å². The number of fused-ring (bicyclic) bond motifs is 1. The van der Waals surface area contributed by atoms with E-state index in [1.165, 1.54) is 0 Å². The Morgan fingerprint density at radius 1 is 1.27 bits per heavy atom. The van der Waals surface area contributed by atoms with Crippen molar-refractivity contribution >= 4 is 22.8 Å². The van der Waals surface area contributed by atoms with Gasteiger partial charge in [-0.15, -0.1) is 0 Å². The number of hydrogen-bond acceptors (Lipinski definition) is 6. The predicted octanol–water partition coefficient (Wildman–Crippen LogP) is 4.92. The van der Waals surface area contributed by atoms with E-state index in [2.05, 4.69) is 43.3 Å². The molecule has 1 unspecified atom stereocenters. The van der Waals surface area contributed by atoms with E-state index in [9.17, 15) is 9.90 Å². The van der Waals surface area contributed by atoms with Gasteiger partial charge in [0.05, 0.1) is 29.4 Å². The summed E-state index contributed by atoms with van der Waals surface area (Å²) in [5, 5.41) is 16.5. The van der Waals surface area contributed by atoms with Gasteiger partial charge < -0.3 is 25.5 Å². The zero-order valence-corrected chi connectivity index (χ0v) is 20.4. The molecular weight excluding hydrogens is 418 g/mol. The number of unbranched alkanes of at least 4 members (excludes halogenated alkanes) is 1. The summed E-state index contributed by atoms with van der Waals surface area (Å²) in [6.07, 6.45) is 2.02. The molecule has 0 bridgehead atoms. The Labute approximate surface area is 195 Å². The van der Waals surface area contributed by atoms with Gasteiger partial charge in [-0.2, -0.15) is 0 Å². The largest absolute Gasteiger partial charge is 0.478 e. The summed E-state index contributed by atoms with van der Waals surface area (Å²) in [5.41, 5.74) is 4.39. The van der Waals surface area contributed by atoms with Crippen LogP contribution in [0.1, 0.15) is 68.3 Å². The number of rotatable bonds is 10. The molecule has 1 aromatic carbocycles. The molecule has 0 aliphatic heterocycles. The summed E-state index contributed by atoms with van der Waals surface area (Å²) in [6.45, 7) is 11.3.